The van der Waals surface area contributed by atoms with Crippen molar-refractivity contribution in [3.05, 3.63) is 0 Å². The van der Waals surface area contributed by atoms with Gasteiger partial charge in [0.1, 0.15) is 0 Å². The second-order valence-electron chi connectivity index (χ2n) is 4.35. The zero-order chi connectivity index (χ0) is 9.26. The molecule has 1 saturated heterocycles. The Balaban J connectivity index is 1.86. The van der Waals surface area contributed by atoms with Gasteiger partial charge in [-0.1, -0.05) is 6.42 Å². The molecule has 1 aliphatic carbocycles. The highest BCUT2D eigenvalue weighted by molar-refractivity contribution is 6.18. The molecule has 0 amide bonds. The second kappa shape index (κ2) is 4.16. The first-order valence-electron chi connectivity index (χ1n) is 5.29. The minimum atomic E-state index is -0.332. The van der Waals surface area contributed by atoms with E-state index in [1.165, 1.54) is 32.2 Å². The lowest BCUT2D eigenvalue weighted by Gasteiger charge is -2.25. The summed E-state index contributed by atoms with van der Waals surface area (Å²) in [4.78, 5) is 2.44. The largest absolute Gasteiger partial charge is 0.391 e. The Hall–Kier alpha value is 0.210. The quantitative estimate of drug-likeness (QED) is 0.703. The van der Waals surface area contributed by atoms with Gasteiger partial charge in [-0.3, -0.25) is 4.90 Å². The van der Waals surface area contributed by atoms with E-state index in [1.54, 1.807) is 0 Å². The first kappa shape index (κ1) is 9.75. The van der Waals surface area contributed by atoms with E-state index in [-0.39, 0.29) is 6.10 Å². The standard InChI is InChI=1S/C10H18ClNO/c11-6-9(13)7-12-5-4-8-2-1-3-10(8)12/h8-10,13H,1-7H2. The number of nitrogens with zero attached hydrogens (tertiary/aromatic N) is 1. The van der Waals surface area contributed by atoms with Gasteiger partial charge >= 0.3 is 0 Å². The van der Waals surface area contributed by atoms with Crippen LogP contribution in [0.15, 0.2) is 0 Å². The highest BCUT2D eigenvalue weighted by Crippen LogP contribution is 2.37. The lowest BCUT2D eigenvalue weighted by Crippen LogP contribution is -2.37. The average Bonchev–Trinajstić information content (AvgIpc) is 2.69. The van der Waals surface area contributed by atoms with Crippen LogP contribution in [0, 0.1) is 5.92 Å². The summed E-state index contributed by atoms with van der Waals surface area (Å²) in [5.41, 5.74) is 0. The minimum absolute atomic E-state index is 0.332. The molecule has 0 bridgehead atoms. The number of likely N-dealkylation sites (tertiary alicyclic amines) is 1. The van der Waals surface area contributed by atoms with E-state index in [0.29, 0.717) is 5.88 Å². The summed E-state index contributed by atoms with van der Waals surface area (Å²) >= 11 is 5.60. The normalized spacial score (nSPS) is 36.5. The van der Waals surface area contributed by atoms with Gasteiger partial charge in [-0.25, -0.2) is 0 Å². The number of halogens is 1. The van der Waals surface area contributed by atoms with Crippen LogP contribution >= 0.6 is 11.6 Å². The summed E-state index contributed by atoms with van der Waals surface area (Å²) in [5.74, 6) is 1.29. The Labute approximate surface area is 84.9 Å². The fourth-order valence-electron chi connectivity index (χ4n) is 2.88. The van der Waals surface area contributed by atoms with E-state index in [2.05, 4.69) is 4.90 Å². The third-order valence-electron chi connectivity index (χ3n) is 3.50. The van der Waals surface area contributed by atoms with Crippen molar-refractivity contribution in [1.82, 2.24) is 4.90 Å². The summed E-state index contributed by atoms with van der Waals surface area (Å²) in [6.45, 7) is 1.95. The lowest BCUT2D eigenvalue weighted by atomic mass is 10.0. The summed E-state index contributed by atoms with van der Waals surface area (Å²) in [7, 11) is 0. The van der Waals surface area contributed by atoms with Crippen molar-refractivity contribution in [3.63, 3.8) is 0 Å². The van der Waals surface area contributed by atoms with Crippen LogP contribution in [0.1, 0.15) is 25.7 Å². The van der Waals surface area contributed by atoms with Crippen LogP contribution in [0.3, 0.4) is 0 Å². The fourth-order valence-corrected chi connectivity index (χ4v) is 2.98. The molecule has 1 aliphatic heterocycles. The number of hydrogen-bond acceptors (Lipinski definition) is 2. The van der Waals surface area contributed by atoms with Crippen molar-refractivity contribution in [2.24, 2.45) is 5.92 Å². The maximum Gasteiger partial charge on any atom is 0.0802 e. The van der Waals surface area contributed by atoms with Gasteiger partial charge in [0.25, 0.3) is 0 Å². The Morgan fingerprint density at radius 2 is 2.23 bits per heavy atom. The van der Waals surface area contributed by atoms with E-state index < -0.39 is 0 Å². The molecular weight excluding hydrogens is 186 g/mol. The molecule has 0 aromatic rings. The van der Waals surface area contributed by atoms with Crippen LogP contribution in [0.5, 0.6) is 0 Å². The Morgan fingerprint density at radius 1 is 1.38 bits per heavy atom. The van der Waals surface area contributed by atoms with Crippen molar-refractivity contribution < 1.29 is 5.11 Å². The number of β-amino-alcohol motifs (C(OH)–C–C–N with tert-alkyl or cyclic N) is 1. The first-order valence-corrected chi connectivity index (χ1v) is 5.83. The summed E-state index contributed by atoms with van der Waals surface area (Å²) in [5, 5.41) is 9.46. The molecule has 3 atom stereocenters. The molecule has 0 aromatic carbocycles. The van der Waals surface area contributed by atoms with Gasteiger partial charge in [0.05, 0.1) is 6.10 Å². The van der Waals surface area contributed by atoms with Gasteiger partial charge in [-0.05, 0) is 31.7 Å². The van der Waals surface area contributed by atoms with Crippen molar-refractivity contribution in [2.75, 3.05) is 19.0 Å². The Morgan fingerprint density at radius 3 is 3.00 bits per heavy atom. The predicted octanol–water partition coefficient (Wildman–Crippen LogP) is 1.46. The van der Waals surface area contributed by atoms with Crippen LogP contribution in [0.2, 0.25) is 0 Å². The zero-order valence-corrected chi connectivity index (χ0v) is 8.71. The van der Waals surface area contributed by atoms with Gasteiger partial charge in [-0.2, -0.15) is 0 Å². The third-order valence-corrected chi connectivity index (χ3v) is 3.85. The van der Waals surface area contributed by atoms with E-state index in [9.17, 15) is 5.11 Å². The maximum absolute atomic E-state index is 9.46. The number of alkyl halides is 1. The SMILES string of the molecule is OC(CCl)CN1CCC2CCCC21. The number of aliphatic hydroxyl groups excluding tert-OH is 1. The lowest BCUT2D eigenvalue weighted by molar-refractivity contribution is 0.118. The summed E-state index contributed by atoms with van der Waals surface area (Å²) in [6, 6.07) is 0.762. The molecule has 13 heavy (non-hydrogen) atoms. The predicted molar refractivity (Wildman–Crippen MR) is 54.0 cm³/mol. The molecule has 3 unspecified atom stereocenters. The fraction of sp³-hybridized carbons (Fsp3) is 1.00. The molecular formula is C10H18ClNO. The number of aliphatic hydroxyl groups is 1. The van der Waals surface area contributed by atoms with E-state index in [4.69, 9.17) is 11.6 Å². The van der Waals surface area contributed by atoms with Gasteiger partial charge in [0, 0.05) is 18.5 Å². The van der Waals surface area contributed by atoms with Crippen molar-refractivity contribution in [2.45, 2.75) is 37.8 Å². The molecule has 3 heteroatoms. The van der Waals surface area contributed by atoms with E-state index >= 15 is 0 Å². The Kier molecular flexibility index (Phi) is 3.12. The molecule has 2 nitrogen and oxygen atoms in total. The molecule has 1 N–H and O–H groups in total. The van der Waals surface area contributed by atoms with Crippen LogP contribution in [0.4, 0.5) is 0 Å². The molecule has 1 saturated carbocycles. The van der Waals surface area contributed by atoms with Crippen molar-refractivity contribution >= 4 is 11.6 Å². The topological polar surface area (TPSA) is 23.5 Å². The first-order chi connectivity index (χ1) is 6.31. The molecule has 2 fully saturated rings. The van der Waals surface area contributed by atoms with Crippen LogP contribution in [-0.4, -0.2) is 41.1 Å². The number of rotatable bonds is 3. The van der Waals surface area contributed by atoms with Crippen LogP contribution < -0.4 is 0 Å². The highest BCUT2D eigenvalue weighted by atomic mass is 35.5. The second-order valence-corrected chi connectivity index (χ2v) is 4.66. The van der Waals surface area contributed by atoms with Crippen molar-refractivity contribution in [1.29, 1.82) is 0 Å². The van der Waals surface area contributed by atoms with Crippen LogP contribution in [0.25, 0.3) is 0 Å². The van der Waals surface area contributed by atoms with E-state index in [0.717, 1.165) is 18.5 Å². The third kappa shape index (κ3) is 2.00. The van der Waals surface area contributed by atoms with Crippen LogP contribution in [-0.2, 0) is 0 Å². The molecule has 0 aromatic heterocycles. The number of hydrogen-bond donors (Lipinski definition) is 1. The maximum atomic E-state index is 9.46. The average molecular weight is 204 g/mol. The van der Waals surface area contributed by atoms with Gasteiger partial charge in [-0.15, -0.1) is 11.6 Å². The summed E-state index contributed by atoms with van der Waals surface area (Å²) in [6.07, 6.45) is 5.11. The molecule has 2 rings (SSSR count). The monoisotopic (exact) mass is 203 g/mol. The Bertz CT molecular complexity index is 176. The molecule has 0 spiro atoms. The molecule has 1 heterocycles. The highest BCUT2D eigenvalue weighted by Gasteiger charge is 2.37. The molecule has 2 aliphatic rings. The number of fused-ring (bicyclic) bond motifs is 1. The van der Waals surface area contributed by atoms with Crippen molar-refractivity contribution in [3.8, 4) is 0 Å². The smallest absolute Gasteiger partial charge is 0.0802 e. The minimum Gasteiger partial charge on any atom is -0.391 e. The zero-order valence-electron chi connectivity index (χ0n) is 7.95. The van der Waals surface area contributed by atoms with Gasteiger partial charge in [0.15, 0.2) is 0 Å². The van der Waals surface area contributed by atoms with Gasteiger partial charge in [0.2, 0.25) is 0 Å². The molecule has 0 radical (unpaired) electrons. The van der Waals surface area contributed by atoms with Gasteiger partial charge < -0.3 is 5.11 Å². The summed E-state index contributed by atoms with van der Waals surface area (Å²) < 4.78 is 0. The van der Waals surface area contributed by atoms with E-state index in [1.807, 2.05) is 0 Å². The molecule has 76 valence electrons.